The molecule has 0 spiro atoms. The van der Waals surface area contributed by atoms with Crippen LogP contribution in [0.4, 0.5) is 10.5 Å². The fraction of sp³-hybridized carbons (Fsp3) is 0.333. The molecule has 0 aliphatic rings. The standard InChI is InChI=1S/C18H23N3O/c1-13-11-14(2)17(15(3)12-13)20-18(22)21(4)10-7-16-5-8-19-9-6-16/h5-6,8-9,11-12H,7,10H2,1-4H3,(H,20,22). The maximum absolute atomic E-state index is 12.3. The summed E-state index contributed by atoms with van der Waals surface area (Å²) in [6.45, 7) is 6.77. The van der Waals surface area contributed by atoms with E-state index < -0.39 is 0 Å². The van der Waals surface area contributed by atoms with Crippen LogP contribution in [0.2, 0.25) is 0 Å². The lowest BCUT2D eigenvalue weighted by Gasteiger charge is -2.20. The van der Waals surface area contributed by atoms with Crippen LogP contribution >= 0.6 is 0 Å². The van der Waals surface area contributed by atoms with Gasteiger partial charge in [0, 0.05) is 31.7 Å². The number of amides is 2. The Hall–Kier alpha value is -2.36. The number of hydrogen-bond acceptors (Lipinski definition) is 2. The summed E-state index contributed by atoms with van der Waals surface area (Å²) < 4.78 is 0. The minimum absolute atomic E-state index is 0.0795. The highest BCUT2D eigenvalue weighted by Gasteiger charge is 2.12. The summed E-state index contributed by atoms with van der Waals surface area (Å²) in [5.41, 5.74) is 5.48. The van der Waals surface area contributed by atoms with Gasteiger partial charge in [0.25, 0.3) is 0 Å². The first-order valence-electron chi connectivity index (χ1n) is 7.46. The molecule has 22 heavy (non-hydrogen) atoms. The van der Waals surface area contributed by atoms with Gasteiger partial charge in [-0.25, -0.2) is 4.79 Å². The minimum atomic E-state index is -0.0795. The van der Waals surface area contributed by atoms with E-state index in [0.717, 1.165) is 23.2 Å². The number of pyridine rings is 1. The van der Waals surface area contributed by atoms with Gasteiger partial charge < -0.3 is 10.2 Å². The van der Waals surface area contributed by atoms with Gasteiger partial charge in [-0.2, -0.15) is 0 Å². The molecule has 1 heterocycles. The molecule has 2 rings (SSSR count). The van der Waals surface area contributed by atoms with Crippen LogP contribution in [-0.4, -0.2) is 29.5 Å². The monoisotopic (exact) mass is 297 g/mol. The van der Waals surface area contributed by atoms with E-state index >= 15 is 0 Å². The highest BCUT2D eigenvalue weighted by Crippen LogP contribution is 2.22. The van der Waals surface area contributed by atoms with Crippen molar-refractivity contribution in [3.8, 4) is 0 Å². The molecule has 0 saturated carbocycles. The van der Waals surface area contributed by atoms with Crippen molar-refractivity contribution in [2.24, 2.45) is 0 Å². The van der Waals surface area contributed by atoms with E-state index in [1.807, 2.05) is 33.0 Å². The summed E-state index contributed by atoms with van der Waals surface area (Å²) in [7, 11) is 1.81. The number of rotatable bonds is 4. The Bertz CT molecular complexity index is 630. The number of aromatic nitrogens is 1. The summed E-state index contributed by atoms with van der Waals surface area (Å²) >= 11 is 0. The van der Waals surface area contributed by atoms with Crippen molar-refractivity contribution < 1.29 is 4.79 Å². The molecule has 4 nitrogen and oxygen atoms in total. The average Bonchev–Trinajstić information content (AvgIpc) is 2.49. The first-order chi connectivity index (χ1) is 10.5. The molecule has 0 atom stereocenters. The third kappa shape index (κ3) is 4.07. The minimum Gasteiger partial charge on any atom is -0.327 e. The Labute approximate surface area is 132 Å². The van der Waals surface area contributed by atoms with Crippen molar-refractivity contribution in [2.45, 2.75) is 27.2 Å². The van der Waals surface area contributed by atoms with Gasteiger partial charge in [-0.15, -0.1) is 0 Å². The summed E-state index contributed by atoms with van der Waals surface area (Å²) in [4.78, 5) is 18.0. The molecule has 1 N–H and O–H groups in total. The predicted molar refractivity (Wildman–Crippen MR) is 90.2 cm³/mol. The third-order valence-electron chi connectivity index (χ3n) is 3.74. The maximum atomic E-state index is 12.3. The number of nitrogens with zero attached hydrogens (tertiary/aromatic N) is 2. The molecular weight excluding hydrogens is 274 g/mol. The summed E-state index contributed by atoms with van der Waals surface area (Å²) in [6.07, 6.45) is 4.36. The van der Waals surface area contributed by atoms with Crippen LogP contribution in [0, 0.1) is 20.8 Å². The highest BCUT2D eigenvalue weighted by atomic mass is 16.2. The van der Waals surface area contributed by atoms with Crippen molar-refractivity contribution >= 4 is 11.7 Å². The maximum Gasteiger partial charge on any atom is 0.321 e. The van der Waals surface area contributed by atoms with Gasteiger partial charge in [0.1, 0.15) is 0 Å². The average molecular weight is 297 g/mol. The smallest absolute Gasteiger partial charge is 0.321 e. The molecule has 116 valence electrons. The van der Waals surface area contributed by atoms with Gasteiger partial charge in [0.05, 0.1) is 0 Å². The molecule has 1 aromatic heterocycles. The van der Waals surface area contributed by atoms with Crippen molar-refractivity contribution in [1.29, 1.82) is 0 Å². The van der Waals surface area contributed by atoms with Crippen molar-refractivity contribution in [2.75, 3.05) is 18.9 Å². The molecule has 2 aromatic rings. The van der Waals surface area contributed by atoms with Crippen molar-refractivity contribution in [3.05, 3.63) is 58.9 Å². The predicted octanol–water partition coefficient (Wildman–Crippen LogP) is 3.71. The van der Waals surface area contributed by atoms with Crippen LogP contribution < -0.4 is 5.32 Å². The topological polar surface area (TPSA) is 45.2 Å². The number of carbonyl (C=O) groups is 1. The van der Waals surface area contributed by atoms with E-state index in [1.54, 1.807) is 17.3 Å². The summed E-state index contributed by atoms with van der Waals surface area (Å²) in [6, 6.07) is 8.03. The summed E-state index contributed by atoms with van der Waals surface area (Å²) in [5.74, 6) is 0. The molecule has 0 saturated heterocycles. The number of hydrogen-bond donors (Lipinski definition) is 1. The zero-order valence-electron chi connectivity index (χ0n) is 13.7. The molecule has 1 aromatic carbocycles. The largest absolute Gasteiger partial charge is 0.327 e. The van der Waals surface area contributed by atoms with Gasteiger partial charge in [-0.05, 0) is 56.0 Å². The summed E-state index contributed by atoms with van der Waals surface area (Å²) in [5, 5.41) is 3.02. The molecular formula is C18H23N3O. The molecule has 0 radical (unpaired) electrons. The van der Waals surface area contributed by atoms with Gasteiger partial charge in [-0.3, -0.25) is 4.98 Å². The number of likely N-dealkylation sites (N-methyl/N-ethyl adjacent to an activating group) is 1. The molecule has 0 unspecified atom stereocenters. The first-order valence-corrected chi connectivity index (χ1v) is 7.46. The van der Waals surface area contributed by atoms with Crippen LogP contribution in [0.25, 0.3) is 0 Å². The van der Waals surface area contributed by atoms with Crippen LogP contribution in [-0.2, 0) is 6.42 Å². The van der Waals surface area contributed by atoms with Crippen molar-refractivity contribution in [3.63, 3.8) is 0 Å². The Morgan fingerprint density at radius 3 is 2.32 bits per heavy atom. The SMILES string of the molecule is Cc1cc(C)c(NC(=O)N(C)CCc2ccncc2)c(C)c1. The zero-order valence-corrected chi connectivity index (χ0v) is 13.7. The molecule has 0 fully saturated rings. The first kappa shape index (κ1) is 16.0. The second-order valence-electron chi connectivity index (χ2n) is 5.73. The number of aryl methyl sites for hydroxylation is 3. The van der Waals surface area contributed by atoms with E-state index in [0.29, 0.717) is 6.54 Å². The molecule has 4 heteroatoms. The van der Waals surface area contributed by atoms with E-state index in [2.05, 4.69) is 29.4 Å². The fourth-order valence-corrected chi connectivity index (χ4v) is 2.53. The number of anilines is 1. The van der Waals surface area contributed by atoms with Crippen LogP contribution in [0.5, 0.6) is 0 Å². The van der Waals surface area contributed by atoms with Gasteiger partial charge in [0.15, 0.2) is 0 Å². The normalized spacial score (nSPS) is 10.4. The Morgan fingerprint density at radius 1 is 1.14 bits per heavy atom. The van der Waals surface area contributed by atoms with E-state index in [-0.39, 0.29) is 6.03 Å². The van der Waals surface area contributed by atoms with E-state index in [1.165, 1.54) is 11.1 Å². The van der Waals surface area contributed by atoms with Crippen LogP contribution in [0.3, 0.4) is 0 Å². The lowest BCUT2D eigenvalue weighted by molar-refractivity contribution is 0.223. The van der Waals surface area contributed by atoms with Crippen LogP contribution in [0.1, 0.15) is 22.3 Å². The van der Waals surface area contributed by atoms with Gasteiger partial charge in [0.2, 0.25) is 0 Å². The molecule has 0 bridgehead atoms. The molecule has 0 aliphatic carbocycles. The highest BCUT2D eigenvalue weighted by molar-refractivity contribution is 5.91. The Morgan fingerprint density at radius 2 is 1.73 bits per heavy atom. The lowest BCUT2D eigenvalue weighted by atomic mass is 10.1. The second-order valence-corrected chi connectivity index (χ2v) is 5.73. The van der Waals surface area contributed by atoms with E-state index in [4.69, 9.17) is 0 Å². The number of nitrogens with one attached hydrogen (secondary N) is 1. The molecule has 0 aliphatic heterocycles. The Balaban J connectivity index is 1.97. The Kier molecular flexibility index (Phi) is 5.15. The van der Waals surface area contributed by atoms with Gasteiger partial charge >= 0.3 is 6.03 Å². The fourth-order valence-electron chi connectivity index (χ4n) is 2.53. The second kappa shape index (κ2) is 7.07. The number of urea groups is 1. The van der Waals surface area contributed by atoms with Crippen molar-refractivity contribution in [1.82, 2.24) is 9.88 Å². The van der Waals surface area contributed by atoms with Gasteiger partial charge in [-0.1, -0.05) is 17.7 Å². The third-order valence-corrected chi connectivity index (χ3v) is 3.74. The van der Waals surface area contributed by atoms with Crippen LogP contribution in [0.15, 0.2) is 36.7 Å². The number of benzene rings is 1. The zero-order chi connectivity index (χ0) is 16.1. The quantitative estimate of drug-likeness (QED) is 0.935. The van der Waals surface area contributed by atoms with E-state index in [9.17, 15) is 4.79 Å². The lowest BCUT2D eigenvalue weighted by Crippen LogP contribution is -2.33. The molecule has 2 amide bonds. The number of carbonyl (C=O) groups excluding carboxylic acids is 1.